The molecule has 144 valence electrons. The van der Waals surface area contributed by atoms with Crippen LogP contribution in [0.3, 0.4) is 0 Å². The third-order valence-electron chi connectivity index (χ3n) is 4.39. The number of nitrogens with one attached hydrogen (secondary N) is 1. The third-order valence-corrected chi connectivity index (χ3v) is 4.39. The van der Waals surface area contributed by atoms with Gasteiger partial charge in [0.1, 0.15) is 17.9 Å². The van der Waals surface area contributed by atoms with Crippen molar-refractivity contribution in [2.24, 2.45) is 0 Å². The monoisotopic (exact) mass is 364 g/mol. The van der Waals surface area contributed by atoms with E-state index in [4.69, 9.17) is 9.47 Å². The summed E-state index contributed by atoms with van der Waals surface area (Å²) in [5.41, 5.74) is 0. The first-order valence-electron chi connectivity index (χ1n) is 8.99. The molecule has 0 radical (unpaired) electrons. The van der Waals surface area contributed by atoms with E-state index in [-0.39, 0.29) is 18.0 Å². The lowest BCUT2D eigenvalue weighted by Crippen LogP contribution is -2.51. The second-order valence-corrected chi connectivity index (χ2v) is 6.07. The summed E-state index contributed by atoms with van der Waals surface area (Å²) in [6, 6.07) is 2.91. The lowest BCUT2D eigenvalue weighted by Gasteiger charge is -2.29. The van der Waals surface area contributed by atoms with Gasteiger partial charge in [-0.05, 0) is 26.0 Å². The van der Waals surface area contributed by atoms with Gasteiger partial charge in [0, 0.05) is 39.4 Å². The Morgan fingerprint density at radius 2 is 2.15 bits per heavy atom. The SMILES string of the molecule is CCN(CC)C(=O)N1C[C@@H](Oc2cccnc2)C[C@@H]1C(=O)NCCOC. The molecular formula is C18H28N4O4. The number of hydrogen-bond donors (Lipinski definition) is 1. The molecule has 0 unspecified atom stereocenters. The third kappa shape index (κ3) is 5.08. The van der Waals surface area contributed by atoms with Gasteiger partial charge in [-0.25, -0.2) is 4.79 Å². The summed E-state index contributed by atoms with van der Waals surface area (Å²) in [5.74, 6) is 0.452. The molecule has 1 N–H and O–H groups in total. The number of carbonyl (C=O) groups is 2. The minimum Gasteiger partial charge on any atom is -0.487 e. The van der Waals surface area contributed by atoms with Crippen LogP contribution in [0, 0.1) is 0 Å². The van der Waals surface area contributed by atoms with Gasteiger partial charge in [-0.1, -0.05) is 0 Å². The number of methoxy groups -OCH3 is 1. The molecule has 0 aromatic carbocycles. The quantitative estimate of drug-likeness (QED) is 0.699. The van der Waals surface area contributed by atoms with Crippen LogP contribution in [0.15, 0.2) is 24.5 Å². The number of aromatic nitrogens is 1. The number of rotatable bonds is 8. The largest absolute Gasteiger partial charge is 0.487 e. The van der Waals surface area contributed by atoms with Crippen LogP contribution in [-0.4, -0.2) is 78.8 Å². The van der Waals surface area contributed by atoms with Crippen LogP contribution >= 0.6 is 0 Å². The van der Waals surface area contributed by atoms with Crippen LogP contribution in [0.5, 0.6) is 5.75 Å². The maximum Gasteiger partial charge on any atom is 0.320 e. The van der Waals surface area contributed by atoms with E-state index in [0.717, 1.165) is 0 Å². The van der Waals surface area contributed by atoms with Crippen LogP contribution in [0.25, 0.3) is 0 Å². The first kappa shape index (κ1) is 20.0. The van der Waals surface area contributed by atoms with Crippen LogP contribution in [0.2, 0.25) is 0 Å². The molecule has 1 saturated heterocycles. The van der Waals surface area contributed by atoms with Gasteiger partial charge in [-0.15, -0.1) is 0 Å². The van der Waals surface area contributed by atoms with Crippen molar-refractivity contribution in [2.45, 2.75) is 32.4 Å². The Hall–Kier alpha value is -2.35. The molecule has 8 nitrogen and oxygen atoms in total. The number of urea groups is 1. The number of hydrogen-bond acceptors (Lipinski definition) is 5. The average Bonchev–Trinajstić information content (AvgIpc) is 3.07. The standard InChI is InChI=1S/C18H28N4O4/c1-4-21(5-2)18(24)22-13-15(26-14-7-6-8-19-12-14)11-16(22)17(23)20-9-10-25-3/h6-8,12,15-16H,4-5,9-11,13H2,1-3H3,(H,20,23)/t15-,16+/m0/s1. The Bertz CT molecular complexity index is 580. The summed E-state index contributed by atoms with van der Waals surface area (Å²) in [6.45, 7) is 6.25. The van der Waals surface area contributed by atoms with E-state index >= 15 is 0 Å². The Labute approximate surface area is 154 Å². The molecule has 1 fully saturated rings. The van der Waals surface area contributed by atoms with Crippen molar-refractivity contribution in [3.8, 4) is 5.75 Å². The lowest BCUT2D eigenvalue weighted by atomic mass is 10.2. The predicted octanol–water partition coefficient (Wildman–Crippen LogP) is 1.13. The van der Waals surface area contributed by atoms with E-state index in [0.29, 0.717) is 45.0 Å². The molecule has 1 aromatic rings. The molecule has 0 saturated carbocycles. The van der Waals surface area contributed by atoms with E-state index in [1.807, 2.05) is 19.9 Å². The van der Waals surface area contributed by atoms with Crippen LogP contribution in [0.4, 0.5) is 4.79 Å². The molecule has 3 amide bonds. The molecule has 0 spiro atoms. The topological polar surface area (TPSA) is 84.0 Å². The molecule has 0 aliphatic carbocycles. The van der Waals surface area contributed by atoms with Crippen molar-refractivity contribution in [3.63, 3.8) is 0 Å². The van der Waals surface area contributed by atoms with Gasteiger partial charge in [0.25, 0.3) is 0 Å². The van der Waals surface area contributed by atoms with Gasteiger partial charge in [0.05, 0.1) is 19.3 Å². The van der Waals surface area contributed by atoms with Gasteiger partial charge < -0.3 is 24.6 Å². The normalized spacial score (nSPS) is 19.3. The van der Waals surface area contributed by atoms with Crippen molar-refractivity contribution >= 4 is 11.9 Å². The Balaban J connectivity index is 2.09. The van der Waals surface area contributed by atoms with E-state index in [9.17, 15) is 9.59 Å². The molecule has 8 heteroatoms. The number of carbonyl (C=O) groups excluding carboxylic acids is 2. The molecule has 2 rings (SSSR count). The summed E-state index contributed by atoms with van der Waals surface area (Å²) < 4.78 is 10.9. The number of pyridine rings is 1. The Kier molecular flexibility index (Phi) is 7.65. The second kappa shape index (κ2) is 9.96. The highest BCUT2D eigenvalue weighted by molar-refractivity contribution is 5.87. The van der Waals surface area contributed by atoms with E-state index < -0.39 is 6.04 Å². The summed E-state index contributed by atoms with van der Waals surface area (Å²) in [6.07, 6.45) is 3.49. The number of nitrogens with zero attached hydrogens (tertiary/aromatic N) is 3. The van der Waals surface area contributed by atoms with E-state index in [1.165, 1.54) is 0 Å². The molecular weight excluding hydrogens is 336 g/mol. The zero-order chi connectivity index (χ0) is 18.9. The molecule has 1 aliphatic rings. The minimum absolute atomic E-state index is 0.140. The Morgan fingerprint density at radius 3 is 2.77 bits per heavy atom. The fourth-order valence-corrected chi connectivity index (χ4v) is 3.02. The summed E-state index contributed by atoms with van der Waals surface area (Å²) >= 11 is 0. The second-order valence-electron chi connectivity index (χ2n) is 6.07. The summed E-state index contributed by atoms with van der Waals surface area (Å²) in [4.78, 5) is 32.8. The maximum atomic E-state index is 12.8. The zero-order valence-electron chi connectivity index (χ0n) is 15.7. The molecule has 1 aromatic heterocycles. The van der Waals surface area contributed by atoms with E-state index in [1.54, 1.807) is 35.4 Å². The fraction of sp³-hybridized carbons (Fsp3) is 0.611. The van der Waals surface area contributed by atoms with Gasteiger partial charge in [0.15, 0.2) is 0 Å². The summed E-state index contributed by atoms with van der Waals surface area (Å²) in [5, 5.41) is 2.83. The van der Waals surface area contributed by atoms with Crippen LogP contribution < -0.4 is 10.1 Å². The van der Waals surface area contributed by atoms with Crippen molar-refractivity contribution in [1.82, 2.24) is 20.1 Å². The highest BCUT2D eigenvalue weighted by Gasteiger charge is 2.41. The van der Waals surface area contributed by atoms with E-state index in [2.05, 4.69) is 10.3 Å². The smallest absolute Gasteiger partial charge is 0.320 e. The van der Waals surface area contributed by atoms with Crippen LogP contribution in [-0.2, 0) is 9.53 Å². The first-order chi connectivity index (χ1) is 12.6. The minimum atomic E-state index is -0.554. The zero-order valence-corrected chi connectivity index (χ0v) is 15.7. The highest BCUT2D eigenvalue weighted by Crippen LogP contribution is 2.24. The van der Waals surface area contributed by atoms with Gasteiger partial charge in [0.2, 0.25) is 5.91 Å². The van der Waals surface area contributed by atoms with Crippen molar-refractivity contribution in [2.75, 3.05) is 39.9 Å². The van der Waals surface area contributed by atoms with Gasteiger partial charge in [-0.3, -0.25) is 9.78 Å². The Morgan fingerprint density at radius 1 is 1.38 bits per heavy atom. The first-order valence-corrected chi connectivity index (χ1v) is 8.99. The van der Waals surface area contributed by atoms with Gasteiger partial charge in [-0.2, -0.15) is 0 Å². The molecule has 2 atom stereocenters. The lowest BCUT2D eigenvalue weighted by molar-refractivity contribution is -0.125. The van der Waals surface area contributed by atoms with Crippen LogP contribution in [0.1, 0.15) is 20.3 Å². The molecule has 2 heterocycles. The molecule has 26 heavy (non-hydrogen) atoms. The molecule has 0 bridgehead atoms. The average molecular weight is 364 g/mol. The predicted molar refractivity (Wildman–Crippen MR) is 97.0 cm³/mol. The number of likely N-dealkylation sites (tertiary alicyclic amines) is 1. The fourth-order valence-electron chi connectivity index (χ4n) is 3.02. The van der Waals surface area contributed by atoms with Gasteiger partial charge >= 0.3 is 6.03 Å². The van der Waals surface area contributed by atoms with Crippen molar-refractivity contribution < 1.29 is 19.1 Å². The summed E-state index contributed by atoms with van der Waals surface area (Å²) in [7, 11) is 1.58. The van der Waals surface area contributed by atoms with Crippen molar-refractivity contribution in [3.05, 3.63) is 24.5 Å². The van der Waals surface area contributed by atoms with Crippen molar-refractivity contribution in [1.29, 1.82) is 0 Å². The number of ether oxygens (including phenoxy) is 2. The highest BCUT2D eigenvalue weighted by atomic mass is 16.5. The molecule has 1 aliphatic heterocycles. The maximum absolute atomic E-state index is 12.8. The number of amides is 3.